The lowest BCUT2D eigenvalue weighted by molar-refractivity contribution is -0.384. The minimum Gasteiger partial charge on any atom is -0.461 e. The highest BCUT2D eigenvalue weighted by Gasteiger charge is 2.21. The minimum atomic E-state index is -0.534. The molecule has 2 aromatic heterocycles. The van der Waals surface area contributed by atoms with E-state index in [0.29, 0.717) is 4.47 Å². The summed E-state index contributed by atoms with van der Waals surface area (Å²) in [6.45, 7) is 0. The minimum absolute atomic E-state index is 0.106. The summed E-state index contributed by atoms with van der Waals surface area (Å²) in [5, 5.41) is 11.0. The van der Waals surface area contributed by atoms with E-state index in [-0.39, 0.29) is 22.3 Å². The maximum absolute atomic E-state index is 10.8. The predicted molar refractivity (Wildman–Crippen MR) is 61.3 cm³/mol. The summed E-state index contributed by atoms with van der Waals surface area (Å²) in [5.41, 5.74) is -0.0468. The average molecular weight is 303 g/mol. The first-order valence-corrected chi connectivity index (χ1v) is 5.31. The molecule has 0 saturated heterocycles. The molecule has 0 amide bonds. The number of hydrogen-bond donors (Lipinski definition) is 0. The number of halogens is 2. The van der Waals surface area contributed by atoms with Gasteiger partial charge in [-0.2, -0.15) is 0 Å². The van der Waals surface area contributed by atoms with Crippen molar-refractivity contribution >= 4 is 33.2 Å². The van der Waals surface area contributed by atoms with Gasteiger partial charge in [-0.05, 0) is 28.1 Å². The second-order valence-electron chi connectivity index (χ2n) is 2.86. The Labute approximate surface area is 103 Å². The van der Waals surface area contributed by atoms with Crippen molar-refractivity contribution in [2.75, 3.05) is 0 Å². The Morgan fingerprint density at radius 3 is 2.75 bits per heavy atom. The SMILES string of the molecule is O=[N+]([O-])c1ccc(Cl)nc1-c1occc1Br. The smallest absolute Gasteiger partial charge is 0.298 e. The zero-order valence-corrected chi connectivity index (χ0v) is 10.0. The molecule has 2 rings (SSSR count). The number of furan rings is 1. The van der Waals surface area contributed by atoms with Gasteiger partial charge in [0.15, 0.2) is 11.5 Å². The molecule has 0 unspecified atom stereocenters. The summed E-state index contributed by atoms with van der Waals surface area (Å²) in [6, 6.07) is 4.28. The fourth-order valence-corrected chi connectivity index (χ4v) is 1.74. The molecule has 2 aromatic rings. The molecule has 0 N–H and O–H groups in total. The second-order valence-corrected chi connectivity index (χ2v) is 4.10. The van der Waals surface area contributed by atoms with Crippen LogP contribution in [0.25, 0.3) is 11.5 Å². The molecule has 16 heavy (non-hydrogen) atoms. The van der Waals surface area contributed by atoms with Gasteiger partial charge in [0.1, 0.15) is 5.15 Å². The van der Waals surface area contributed by atoms with Gasteiger partial charge in [0.05, 0.1) is 15.7 Å². The molecule has 0 saturated carbocycles. The van der Waals surface area contributed by atoms with Crippen molar-refractivity contribution in [1.29, 1.82) is 0 Å². The molecule has 0 radical (unpaired) electrons. The Morgan fingerprint density at radius 2 is 2.19 bits per heavy atom. The molecule has 0 aliphatic heterocycles. The summed E-state index contributed by atoms with van der Waals surface area (Å²) in [5.74, 6) is 0.286. The van der Waals surface area contributed by atoms with Crippen LogP contribution in [0.4, 0.5) is 5.69 Å². The van der Waals surface area contributed by atoms with E-state index < -0.39 is 4.92 Å². The zero-order chi connectivity index (χ0) is 11.7. The van der Waals surface area contributed by atoms with Crippen LogP contribution in [-0.2, 0) is 0 Å². The van der Waals surface area contributed by atoms with Gasteiger partial charge in [0.2, 0.25) is 0 Å². The molecule has 0 atom stereocenters. The van der Waals surface area contributed by atoms with E-state index in [0.717, 1.165) is 0 Å². The van der Waals surface area contributed by atoms with E-state index in [1.165, 1.54) is 18.4 Å². The fraction of sp³-hybridized carbons (Fsp3) is 0. The molecule has 0 aliphatic rings. The highest BCUT2D eigenvalue weighted by Crippen LogP contribution is 2.34. The van der Waals surface area contributed by atoms with Crippen molar-refractivity contribution in [1.82, 2.24) is 4.98 Å². The second kappa shape index (κ2) is 4.23. The van der Waals surface area contributed by atoms with E-state index in [9.17, 15) is 10.1 Å². The van der Waals surface area contributed by atoms with Crippen molar-refractivity contribution in [2.24, 2.45) is 0 Å². The maximum Gasteiger partial charge on any atom is 0.298 e. The lowest BCUT2D eigenvalue weighted by atomic mass is 10.2. The third kappa shape index (κ3) is 1.94. The van der Waals surface area contributed by atoms with Crippen molar-refractivity contribution in [3.8, 4) is 11.5 Å². The Hall–Kier alpha value is -1.40. The first kappa shape index (κ1) is 11.1. The summed E-state index contributed by atoms with van der Waals surface area (Å²) in [6.07, 6.45) is 1.41. The van der Waals surface area contributed by atoms with Crippen LogP contribution in [0.15, 0.2) is 33.4 Å². The molecule has 0 bridgehead atoms. The third-order valence-corrected chi connectivity index (χ3v) is 2.70. The van der Waals surface area contributed by atoms with Crippen LogP contribution in [0.2, 0.25) is 5.15 Å². The van der Waals surface area contributed by atoms with E-state index >= 15 is 0 Å². The van der Waals surface area contributed by atoms with E-state index in [1.54, 1.807) is 6.07 Å². The van der Waals surface area contributed by atoms with Gasteiger partial charge < -0.3 is 4.42 Å². The van der Waals surface area contributed by atoms with Gasteiger partial charge in [-0.1, -0.05) is 11.6 Å². The van der Waals surface area contributed by atoms with Gasteiger partial charge in [0.25, 0.3) is 5.69 Å². The van der Waals surface area contributed by atoms with Gasteiger partial charge >= 0.3 is 0 Å². The van der Waals surface area contributed by atoms with Gasteiger partial charge in [0, 0.05) is 6.07 Å². The molecule has 0 fully saturated rings. The lowest BCUT2D eigenvalue weighted by Gasteiger charge is -2.00. The van der Waals surface area contributed by atoms with Crippen molar-refractivity contribution in [2.45, 2.75) is 0 Å². The van der Waals surface area contributed by atoms with Crippen molar-refractivity contribution in [3.63, 3.8) is 0 Å². The van der Waals surface area contributed by atoms with E-state index in [4.69, 9.17) is 16.0 Å². The molecule has 5 nitrogen and oxygen atoms in total. The van der Waals surface area contributed by atoms with Gasteiger partial charge in [-0.25, -0.2) is 4.98 Å². The number of nitrogens with zero attached hydrogens (tertiary/aromatic N) is 2. The molecule has 82 valence electrons. The lowest BCUT2D eigenvalue weighted by Crippen LogP contribution is -1.94. The van der Waals surface area contributed by atoms with Crippen molar-refractivity contribution < 1.29 is 9.34 Å². The Bertz CT molecular complexity index is 555. The summed E-state index contributed by atoms with van der Waals surface area (Å²) < 4.78 is 5.71. The standard InChI is InChI=1S/C9H4BrClN2O3/c10-5-3-4-16-9(5)8-6(13(14)15)1-2-7(11)12-8/h1-4H. The molecular weight excluding hydrogens is 299 g/mol. The van der Waals surface area contributed by atoms with E-state index in [2.05, 4.69) is 20.9 Å². The highest BCUT2D eigenvalue weighted by atomic mass is 79.9. The van der Waals surface area contributed by atoms with E-state index in [1.807, 2.05) is 0 Å². The highest BCUT2D eigenvalue weighted by molar-refractivity contribution is 9.10. The maximum atomic E-state index is 10.8. The average Bonchev–Trinajstić information content (AvgIpc) is 2.63. The monoisotopic (exact) mass is 302 g/mol. The first-order chi connectivity index (χ1) is 7.59. The first-order valence-electron chi connectivity index (χ1n) is 4.14. The number of rotatable bonds is 2. The third-order valence-electron chi connectivity index (χ3n) is 1.87. The number of aromatic nitrogens is 1. The van der Waals surface area contributed by atoms with Gasteiger partial charge in [-0.15, -0.1) is 0 Å². The van der Waals surface area contributed by atoms with Crippen LogP contribution in [-0.4, -0.2) is 9.91 Å². The largest absolute Gasteiger partial charge is 0.461 e. The number of hydrogen-bond acceptors (Lipinski definition) is 4. The summed E-state index contributed by atoms with van der Waals surface area (Å²) >= 11 is 8.91. The topological polar surface area (TPSA) is 69.2 Å². The summed E-state index contributed by atoms with van der Waals surface area (Å²) in [7, 11) is 0. The van der Waals surface area contributed by atoms with Crippen LogP contribution < -0.4 is 0 Å². The van der Waals surface area contributed by atoms with Crippen LogP contribution >= 0.6 is 27.5 Å². The molecule has 7 heteroatoms. The Morgan fingerprint density at radius 1 is 1.44 bits per heavy atom. The number of nitro groups is 1. The normalized spacial score (nSPS) is 10.4. The predicted octanol–water partition coefficient (Wildman–Crippen LogP) is 3.67. The molecule has 0 aromatic carbocycles. The quantitative estimate of drug-likeness (QED) is 0.482. The molecule has 0 spiro atoms. The van der Waals surface area contributed by atoms with Crippen LogP contribution in [0.3, 0.4) is 0 Å². The van der Waals surface area contributed by atoms with Crippen molar-refractivity contribution in [3.05, 3.63) is 44.2 Å². The Balaban J connectivity index is 2.67. The zero-order valence-electron chi connectivity index (χ0n) is 7.68. The van der Waals surface area contributed by atoms with Crippen LogP contribution in [0.1, 0.15) is 0 Å². The summed E-state index contributed by atoms with van der Waals surface area (Å²) in [4.78, 5) is 14.2. The molecule has 0 aliphatic carbocycles. The molecule has 2 heterocycles. The van der Waals surface area contributed by atoms with Gasteiger partial charge in [-0.3, -0.25) is 10.1 Å². The van der Waals surface area contributed by atoms with Crippen LogP contribution in [0.5, 0.6) is 0 Å². The fourth-order valence-electron chi connectivity index (χ4n) is 1.21. The molecular formula is C9H4BrClN2O3. The van der Waals surface area contributed by atoms with Crippen LogP contribution in [0, 0.1) is 10.1 Å². The number of pyridine rings is 1. The Kier molecular flexibility index (Phi) is 2.93.